The second-order valence-corrected chi connectivity index (χ2v) is 11.0. The van der Waals surface area contributed by atoms with Crippen LogP contribution in [0.25, 0.3) is 10.9 Å². The number of methoxy groups -OCH3 is 1. The molecule has 216 valence electrons. The first-order chi connectivity index (χ1) is 19.2. The molecular formula is C31H41ClN4O4. The Morgan fingerprint density at radius 3 is 2.65 bits per heavy atom. The highest BCUT2D eigenvalue weighted by Crippen LogP contribution is 2.35. The quantitative estimate of drug-likeness (QED) is 0.239. The third-order valence-corrected chi connectivity index (χ3v) is 7.88. The van der Waals surface area contributed by atoms with E-state index in [1.807, 2.05) is 50.8 Å². The van der Waals surface area contributed by atoms with Gasteiger partial charge in [0.25, 0.3) is 0 Å². The molecule has 1 atom stereocenters. The van der Waals surface area contributed by atoms with Crippen molar-refractivity contribution in [2.24, 2.45) is 0 Å². The molecule has 9 heteroatoms. The molecule has 1 saturated heterocycles. The Morgan fingerprint density at radius 2 is 1.93 bits per heavy atom. The summed E-state index contributed by atoms with van der Waals surface area (Å²) >= 11 is 6.67. The number of urea groups is 1. The third kappa shape index (κ3) is 6.49. The predicted molar refractivity (Wildman–Crippen MR) is 159 cm³/mol. The van der Waals surface area contributed by atoms with Crippen LogP contribution in [0.2, 0.25) is 5.02 Å². The Bertz CT molecular complexity index is 1340. The largest absolute Gasteiger partial charge is 0.493 e. The van der Waals surface area contributed by atoms with Crippen LogP contribution < -0.4 is 9.47 Å². The zero-order valence-corrected chi connectivity index (χ0v) is 25.0. The Kier molecular flexibility index (Phi) is 9.85. The van der Waals surface area contributed by atoms with Crippen molar-refractivity contribution < 1.29 is 19.1 Å². The molecule has 0 spiro atoms. The van der Waals surface area contributed by atoms with Crippen molar-refractivity contribution in [2.75, 3.05) is 40.9 Å². The van der Waals surface area contributed by atoms with Crippen molar-refractivity contribution in [1.29, 1.82) is 0 Å². The highest BCUT2D eigenvalue weighted by Gasteiger charge is 2.31. The number of nitrogens with zero attached hydrogens (tertiary/aromatic N) is 4. The monoisotopic (exact) mass is 568 g/mol. The van der Waals surface area contributed by atoms with Gasteiger partial charge in [-0.1, -0.05) is 49.6 Å². The van der Waals surface area contributed by atoms with Gasteiger partial charge in [0.15, 0.2) is 11.5 Å². The zero-order valence-electron chi connectivity index (χ0n) is 24.3. The van der Waals surface area contributed by atoms with Crippen LogP contribution in [0, 0.1) is 0 Å². The number of likely N-dealkylation sites (N-methyl/N-ethyl adjacent to an activating group) is 1. The van der Waals surface area contributed by atoms with Gasteiger partial charge in [0.1, 0.15) is 6.54 Å². The molecule has 3 amide bonds. The summed E-state index contributed by atoms with van der Waals surface area (Å²) in [7, 11) is 5.12. The van der Waals surface area contributed by atoms with Gasteiger partial charge >= 0.3 is 6.03 Å². The van der Waals surface area contributed by atoms with E-state index in [1.54, 1.807) is 32.3 Å². The molecule has 1 unspecified atom stereocenters. The van der Waals surface area contributed by atoms with Crippen molar-refractivity contribution in [3.63, 3.8) is 0 Å². The summed E-state index contributed by atoms with van der Waals surface area (Å²) < 4.78 is 13.4. The van der Waals surface area contributed by atoms with Crippen molar-refractivity contribution >= 4 is 34.4 Å². The highest BCUT2D eigenvalue weighted by atomic mass is 35.5. The number of unbranched alkanes of at least 4 members (excludes halogenated alkanes) is 2. The van der Waals surface area contributed by atoms with Gasteiger partial charge < -0.3 is 28.7 Å². The lowest BCUT2D eigenvalue weighted by Crippen LogP contribution is -2.49. The molecule has 0 bridgehead atoms. The molecular weight excluding hydrogens is 528 g/mol. The van der Waals surface area contributed by atoms with Crippen LogP contribution in [0.1, 0.15) is 56.7 Å². The van der Waals surface area contributed by atoms with Gasteiger partial charge in [0.2, 0.25) is 5.91 Å². The highest BCUT2D eigenvalue weighted by molar-refractivity contribution is 6.36. The molecule has 0 aliphatic carbocycles. The number of aromatic nitrogens is 1. The number of hydrogen-bond donors (Lipinski definition) is 0. The molecule has 1 aliphatic heterocycles. The van der Waals surface area contributed by atoms with Crippen LogP contribution in [0.5, 0.6) is 11.5 Å². The molecule has 1 aromatic heterocycles. The lowest BCUT2D eigenvalue weighted by atomic mass is 10.0. The molecule has 1 fully saturated rings. The van der Waals surface area contributed by atoms with Crippen LogP contribution in [-0.4, -0.2) is 72.1 Å². The minimum atomic E-state index is -0.128. The maximum absolute atomic E-state index is 13.8. The fraction of sp³-hybridized carbons (Fsp3) is 0.484. The average Bonchev–Trinajstić information content (AvgIpc) is 3.27. The number of rotatable bonds is 12. The van der Waals surface area contributed by atoms with E-state index in [0.717, 1.165) is 47.7 Å². The molecule has 8 nitrogen and oxygen atoms in total. The molecule has 0 N–H and O–H groups in total. The summed E-state index contributed by atoms with van der Waals surface area (Å²) in [5, 5.41) is 1.46. The fourth-order valence-electron chi connectivity index (χ4n) is 5.22. The SMILES string of the molecule is CCCCCOc1cc(C(C)N2CCCN(Cc3cccc4c3c(Cl)cn4CC(=O)N(C)C)C2=O)ccc1OC. The second kappa shape index (κ2) is 13.3. The van der Waals surface area contributed by atoms with Gasteiger partial charge in [0, 0.05) is 45.3 Å². The number of fused-ring (bicyclic) bond motifs is 1. The summed E-state index contributed by atoms with van der Waals surface area (Å²) in [4.78, 5) is 31.5. The first kappa shape index (κ1) is 29.6. The van der Waals surface area contributed by atoms with Gasteiger partial charge in [-0.2, -0.15) is 0 Å². The lowest BCUT2D eigenvalue weighted by Gasteiger charge is -2.39. The normalized spacial score (nSPS) is 14.5. The molecule has 40 heavy (non-hydrogen) atoms. The number of hydrogen-bond acceptors (Lipinski definition) is 4. The topological polar surface area (TPSA) is 67.2 Å². The van der Waals surface area contributed by atoms with Crippen molar-refractivity contribution in [1.82, 2.24) is 19.3 Å². The van der Waals surface area contributed by atoms with Gasteiger partial charge in [-0.3, -0.25) is 4.79 Å². The van der Waals surface area contributed by atoms with Crippen LogP contribution in [0.4, 0.5) is 4.79 Å². The number of carbonyl (C=O) groups is 2. The summed E-state index contributed by atoms with van der Waals surface area (Å²) in [5.74, 6) is 1.40. The van der Waals surface area contributed by atoms with Crippen molar-refractivity contribution in [3.05, 3.63) is 58.7 Å². The standard InChI is InChI=1S/C31H41ClN4O4/c1-6-7-8-17-40-28-18-23(13-14-27(28)39-5)22(2)36-16-10-15-34(31(36)38)19-24-11-9-12-26-30(24)25(32)20-35(26)21-29(37)33(3)4/h9,11-14,18,20,22H,6-8,10,15-17,19,21H2,1-5H3. The number of carbonyl (C=O) groups excluding carboxylic acids is 2. The number of ether oxygens (including phenoxy) is 2. The summed E-state index contributed by atoms with van der Waals surface area (Å²) in [6.45, 7) is 6.87. The second-order valence-electron chi connectivity index (χ2n) is 10.6. The van der Waals surface area contributed by atoms with Gasteiger partial charge in [-0.25, -0.2) is 4.79 Å². The van der Waals surface area contributed by atoms with Crippen LogP contribution in [0.15, 0.2) is 42.6 Å². The molecule has 4 rings (SSSR count). The molecule has 3 aromatic rings. The minimum absolute atomic E-state index is 0.00433. The number of amides is 3. The Morgan fingerprint density at radius 1 is 1.12 bits per heavy atom. The lowest BCUT2D eigenvalue weighted by molar-refractivity contribution is -0.129. The summed E-state index contributed by atoms with van der Waals surface area (Å²) in [6.07, 6.45) is 5.91. The van der Waals surface area contributed by atoms with Crippen molar-refractivity contribution in [3.8, 4) is 11.5 Å². The van der Waals surface area contributed by atoms with E-state index < -0.39 is 0 Å². The van der Waals surface area contributed by atoms with Gasteiger partial charge in [-0.05, 0) is 49.1 Å². The van der Waals surface area contributed by atoms with Crippen LogP contribution in [0.3, 0.4) is 0 Å². The molecule has 1 aliphatic rings. The average molecular weight is 569 g/mol. The third-order valence-electron chi connectivity index (χ3n) is 7.60. The number of halogens is 1. The van der Waals surface area contributed by atoms with E-state index in [0.29, 0.717) is 42.8 Å². The number of benzene rings is 2. The van der Waals surface area contributed by atoms with E-state index in [9.17, 15) is 9.59 Å². The Labute approximate surface area is 242 Å². The minimum Gasteiger partial charge on any atom is -0.493 e. The molecule has 0 saturated carbocycles. The van der Waals surface area contributed by atoms with E-state index in [-0.39, 0.29) is 24.5 Å². The van der Waals surface area contributed by atoms with Gasteiger partial charge in [-0.15, -0.1) is 0 Å². The van der Waals surface area contributed by atoms with E-state index in [4.69, 9.17) is 21.1 Å². The Hall–Kier alpha value is -3.39. The first-order valence-electron chi connectivity index (χ1n) is 14.1. The first-order valence-corrected chi connectivity index (χ1v) is 14.5. The van der Waals surface area contributed by atoms with E-state index in [2.05, 4.69) is 13.8 Å². The maximum atomic E-state index is 13.8. The van der Waals surface area contributed by atoms with E-state index in [1.165, 1.54) is 0 Å². The summed E-state index contributed by atoms with van der Waals surface area (Å²) in [5.41, 5.74) is 2.86. The van der Waals surface area contributed by atoms with Crippen LogP contribution in [-0.2, 0) is 17.9 Å². The maximum Gasteiger partial charge on any atom is 0.320 e. The fourth-order valence-corrected chi connectivity index (χ4v) is 5.55. The zero-order chi connectivity index (χ0) is 28.8. The van der Waals surface area contributed by atoms with Crippen molar-refractivity contribution in [2.45, 2.75) is 58.7 Å². The smallest absolute Gasteiger partial charge is 0.320 e. The molecule has 0 radical (unpaired) electrons. The van der Waals surface area contributed by atoms with Crippen LogP contribution >= 0.6 is 11.6 Å². The predicted octanol–water partition coefficient (Wildman–Crippen LogP) is 6.35. The molecule has 2 heterocycles. The van der Waals surface area contributed by atoms with E-state index >= 15 is 0 Å². The molecule has 2 aromatic carbocycles. The Balaban J connectivity index is 1.52. The summed E-state index contributed by atoms with van der Waals surface area (Å²) in [6, 6.07) is 11.7. The van der Waals surface area contributed by atoms with Gasteiger partial charge in [0.05, 0.1) is 30.3 Å².